The Kier molecular flexibility index (Phi) is 2.76. The molecule has 2 rings (SSSR count). The van der Waals surface area contributed by atoms with Gasteiger partial charge < -0.3 is 4.90 Å². The Morgan fingerprint density at radius 1 is 1.40 bits per heavy atom. The molecule has 80 valence electrons. The minimum absolute atomic E-state index is 0.199. The van der Waals surface area contributed by atoms with E-state index in [-0.39, 0.29) is 5.91 Å². The van der Waals surface area contributed by atoms with Gasteiger partial charge in [-0.15, -0.1) is 0 Å². The van der Waals surface area contributed by atoms with Crippen molar-refractivity contribution in [2.24, 2.45) is 0 Å². The maximum Gasteiger partial charge on any atom is 0.254 e. The highest BCUT2D eigenvalue weighted by Crippen LogP contribution is 2.19. The maximum absolute atomic E-state index is 12.1. The lowest BCUT2D eigenvalue weighted by Crippen LogP contribution is -2.30. The van der Waals surface area contributed by atoms with Crippen LogP contribution in [-0.2, 0) is 6.42 Å². The molecule has 1 amide bonds. The van der Waals surface area contributed by atoms with E-state index < -0.39 is 0 Å². The van der Waals surface area contributed by atoms with Gasteiger partial charge in [0.25, 0.3) is 5.91 Å². The molecule has 0 aliphatic carbocycles. The van der Waals surface area contributed by atoms with Gasteiger partial charge in [-0.05, 0) is 38.3 Å². The quantitative estimate of drug-likeness (QED) is 0.686. The molecule has 0 spiro atoms. The number of rotatable bonds is 1. The van der Waals surface area contributed by atoms with Crippen molar-refractivity contribution in [2.45, 2.75) is 26.7 Å². The Hall–Kier alpha value is -1.31. The summed E-state index contributed by atoms with van der Waals surface area (Å²) in [4.78, 5) is 14.0. The van der Waals surface area contributed by atoms with Gasteiger partial charge in [-0.2, -0.15) is 0 Å². The van der Waals surface area contributed by atoms with Crippen molar-refractivity contribution in [3.05, 3.63) is 34.9 Å². The molecule has 1 aliphatic rings. The first kappa shape index (κ1) is 10.2. The van der Waals surface area contributed by atoms with Crippen LogP contribution in [0, 0.1) is 6.92 Å². The molecule has 1 heterocycles. The van der Waals surface area contributed by atoms with E-state index >= 15 is 0 Å². The van der Waals surface area contributed by atoms with Gasteiger partial charge in [0.2, 0.25) is 0 Å². The number of carbonyl (C=O) groups excluding carboxylic acids is 1. The average molecular weight is 203 g/mol. The molecule has 0 bridgehead atoms. The standard InChI is InChI=1S/C13H17NO/c1-3-14-8-4-5-11-9-10(2)6-7-12(11)13(14)15/h6-7,9H,3-5,8H2,1-2H3. The van der Waals surface area contributed by atoms with E-state index in [1.165, 1.54) is 11.1 Å². The first-order valence-corrected chi connectivity index (χ1v) is 5.61. The van der Waals surface area contributed by atoms with Gasteiger partial charge in [0.15, 0.2) is 0 Å². The first-order chi connectivity index (χ1) is 7.22. The number of amides is 1. The minimum Gasteiger partial charge on any atom is -0.339 e. The summed E-state index contributed by atoms with van der Waals surface area (Å²) in [5.74, 6) is 0.199. The molecule has 0 N–H and O–H groups in total. The molecule has 15 heavy (non-hydrogen) atoms. The van der Waals surface area contributed by atoms with Gasteiger partial charge >= 0.3 is 0 Å². The van der Waals surface area contributed by atoms with Crippen molar-refractivity contribution >= 4 is 5.91 Å². The van der Waals surface area contributed by atoms with Crippen molar-refractivity contribution in [2.75, 3.05) is 13.1 Å². The van der Waals surface area contributed by atoms with Gasteiger partial charge in [0.05, 0.1) is 0 Å². The zero-order chi connectivity index (χ0) is 10.8. The zero-order valence-electron chi connectivity index (χ0n) is 9.42. The molecule has 0 fully saturated rings. The number of fused-ring (bicyclic) bond motifs is 1. The monoisotopic (exact) mass is 203 g/mol. The number of nitrogens with zero attached hydrogens (tertiary/aromatic N) is 1. The molecule has 2 heteroatoms. The molecular formula is C13H17NO. The largest absolute Gasteiger partial charge is 0.339 e. The summed E-state index contributed by atoms with van der Waals surface area (Å²) in [5, 5.41) is 0. The van der Waals surface area contributed by atoms with E-state index in [9.17, 15) is 4.79 Å². The lowest BCUT2D eigenvalue weighted by Gasteiger charge is -2.18. The number of hydrogen-bond donors (Lipinski definition) is 0. The van der Waals surface area contributed by atoms with Crippen LogP contribution in [0.5, 0.6) is 0 Å². The second-order valence-corrected chi connectivity index (χ2v) is 4.15. The number of hydrogen-bond acceptors (Lipinski definition) is 1. The van der Waals surface area contributed by atoms with E-state index in [1.54, 1.807) is 0 Å². The third-order valence-corrected chi connectivity index (χ3v) is 3.03. The van der Waals surface area contributed by atoms with Gasteiger partial charge in [-0.1, -0.05) is 17.7 Å². The van der Waals surface area contributed by atoms with Crippen LogP contribution in [0.25, 0.3) is 0 Å². The molecule has 0 radical (unpaired) electrons. The van der Waals surface area contributed by atoms with E-state index in [1.807, 2.05) is 24.0 Å². The van der Waals surface area contributed by atoms with Crippen LogP contribution in [0.4, 0.5) is 0 Å². The van der Waals surface area contributed by atoms with Crippen molar-refractivity contribution in [1.29, 1.82) is 0 Å². The van der Waals surface area contributed by atoms with Gasteiger partial charge in [-0.25, -0.2) is 0 Å². The summed E-state index contributed by atoms with van der Waals surface area (Å²) >= 11 is 0. The van der Waals surface area contributed by atoms with Crippen LogP contribution >= 0.6 is 0 Å². The Bertz CT molecular complexity index is 384. The smallest absolute Gasteiger partial charge is 0.254 e. The van der Waals surface area contributed by atoms with Crippen LogP contribution in [0.1, 0.15) is 34.8 Å². The number of aryl methyl sites for hydroxylation is 2. The highest BCUT2D eigenvalue weighted by molar-refractivity contribution is 5.96. The highest BCUT2D eigenvalue weighted by Gasteiger charge is 2.20. The van der Waals surface area contributed by atoms with Crippen molar-refractivity contribution in [3.8, 4) is 0 Å². The number of benzene rings is 1. The molecule has 0 saturated carbocycles. The third-order valence-electron chi connectivity index (χ3n) is 3.03. The fourth-order valence-corrected chi connectivity index (χ4v) is 2.17. The molecule has 0 aromatic heterocycles. The third kappa shape index (κ3) is 1.89. The normalized spacial score (nSPS) is 16.1. The Balaban J connectivity index is 2.42. The molecule has 0 atom stereocenters. The summed E-state index contributed by atoms with van der Waals surface area (Å²) in [6, 6.07) is 6.14. The summed E-state index contributed by atoms with van der Waals surface area (Å²) in [6.07, 6.45) is 2.11. The predicted molar refractivity (Wildman–Crippen MR) is 61.1 cm³/mol. The Morgan fingerprint density at radius 2 is 2.20 bits per heavy atom. The van der Waals surface area contributed by atoms with Crippen LogP contribution in [-0.4, -0.2) is 23.9 Å². The Morgan fingerprint density at radius 3 is 2.93 bits per heavy atom. The molecule has 1 aliphatic heterocycles. The summed E-state index contributed by atoms with van der Waals surface area (Å²) in [6.45, 7) is 5.82. The van der Waals surface area contributed by atoms with Gasteiger partial charge in [-0.3, -0.25) is 4.79 Å². The fourth-order valence-electron chi connectivity index (χ4n) is 2.17. The lowest BCUT2D eigenvalue weighted by molar-refractivity contribution is 0.0770. The minimum atomic E-state index is 0.199. The lowest BCUT2D eigenvalue weighted by atomic mass is 10.0. The van der Waals surface area contributed by atoms with Crippen molar-refractivity contribution in [1.82, 2.24) is 4.90 Å². The van der Waals surface area contributed by atoms with E-state index in [2.05, 4.69) is 13.0 Å². The zero-order valence-corrected chi connectivity index (χ0v) is 9.42. The van der Waals surface area contributed by atoms with E-state index in [0.717, 1.165) is 31.5 Å². The second kappa shape index (κ2) is 4.05. The van der Waals surface area contributed by atoms with Crippen LogP contribution < -0.4 is 0 Å². The van der Waals surface area contributed by atoms with Crippen LogP contribution in [0.2, 0.25) is 0 Å². The molecule has 0 unspecified atom stereocenters. The summed E-state index contributed by atoms with van der Waals surface area (Å²) in [7, 11) is 0. The SMILES string of the molecule is CCN1CCCc2cc(C)ccc2C1=O. The molecule has 0 saturated heterocycles. The Labute approximate surface area is 90.9 Å². The molecule has 2 nitrogen and oxygen atoms in total. The van der Waals surface area contributed by atoms with Crippen molar-refractivity contribution < 1.29 is 4.79 Å². The molecule has 1 aromatic rings. The fraction of sp³-hybridized carbons (Fsp3) is 0.462. The summed E-state index contributed by atoms with van der Waals surface area (Å²) < 4.78 is 0. The average Bonchev–Trinajstić information content (AvgIpc) is 2.37. The highest BCUT2D eigenvalue weighted by atomic mass is 16.2. The van der Waals surface area contributed by atoms with Crippen LogP contribution in [0.15, 0.2) is 18.2 Å². The topological polar surface area (TPSA) is 20.3 Å². The molecule has 1 aromatic carbocycles. The van der Waals surface area contributed by atoms with Gasteiger partial charge in [0.1, 0.15) is 0 Å². The van der Waals surface area contributed by atoms with Crippen molar-refractivity contribution in [3.63, 3.8) is 0 Å². The number of carbonyl (C=O) groups is 1. The first-order valence-electron chi connectivity index (χ1n) is 5.61. The van der Waals surface area contributed by atoms with Gasteiger partial charge in [0, 0.05) is 18.7 Å². The van der Waals surface area contributed by atoms with E-state index in [4.69, 9.17) is 0 Å². The second-order valence-electron chi connectivity index (χ2n) is 4.15. The van der Waals surface area contributed by atoms with E-state index in [0.29, 0.717) is 0 Å². The molecular weight excluding hydrogens is 186 g/mol. The maximum atomic E-state index is 12.1. The summed E-state index contributed by atoms with van der Waals surface area (Å²) in [5.41, 5.74) is 3.36. The van der Waals surface area contributed by atoms with Crippen LogP contribution in [0.3, 0.4) is 0 Å². The predicted octanol–water partition coefficient (Wildman–Crippen LogP) is 2.40.